The van der Waals surface area contributed by atoms with Crippen molar-refractivity contribution in [3.05, 3.63) is 29.8 Å². The Labute approximate surface area is 99.5 Å². The first-order valence-electron chi connectivity index (χ1n) is 5.08. The molecule has 0 saturated heterocycles. The Morgan fingerprint density at radius 3 is 2.53 bits per heavy atom. The molecule has 0 bridgehead atoms. The molecule has 0 N–H and O–H groups in total. The molecule has 1 aromatic carbocycles. The smallest absolute Gasteiger partial charge is 0.497 e. The van der Waals surface area contributed by atoms with E-state index in [2.05, 4.69) is 4.74 Å². The number of hydrogen-bond acceptors (Lipinski definition) is 5. The number of carbonyl (C=O) groups excluding carboxylic acids is 1. The van der Waals surface area contributed by atoms with E-state index in [0.29, 0.717) is 11.3 Å². The summed E-state index contributed by atoms with van der Waals surface area (Å²) in [6.07, 6.45) is -1.82. The molecule has 90 valence electrons. The van der Waals surface area contributed by atoms with Crippen molar-refractivity contribution in [3.63, 3.8) is 0 Å². The number of rotatable bonds is 4. The Morgan fingerprint density at radius 2 is 2.06 bits per heavy atom. The summed E-state index contributed by atoms with van der Waals surface area (Å²) in [7, 11) is 1.55. The summed E-state index contributed by atoms with van der Waals surface area (Å²) < 4.78 is 14.4. The van der Waals surface area contributed by atoms with Crippen LogP contribution in [-0.4, -0.2) is 19.9 Å². The van der Waals surface area contributed by atoms with E-state index >= 15 is 0 Å². The van der Waals surface area contributed by atoms with E-state index in [-0.39, 0.29) is 6.61 Å². The number of nitrogens with zero attached hydrogens (tertiary/aromatic N) is 1. The maximum absolute atomic E-state index is 11.1. The quantitative estimate of drug-likeness (QED) is 0.749. The minimum Gasteiger partial charge on any atom is -0.497 e. The van der Waals surface area contributed by atoms with Crippen LogP contribution in [-0.2, 0) is 9.47 Å². The molecular weight excluding hydrogens is 222 g/mol. The molecule has 1 rings (SSSR count). The molecular formula is C12H13NO4. The van der Waals surface area contributed by atoms with Gasteiger partial charge in [-0.15, -0.1) is 0 Å². The third-order valence-electron chi connectivity index (χ3n) is 2.01. The summed E-state index contributed by atoms with van der Waals surface area (Å²) in [6, 6.07) is 8.58. The van der Waals surface area contributed by atoms with Crippen molar-refractivity contribution in [2.24, 2.45) is 0 Å². The van der Waals surface area contributed by atoms with Gasteiger partial charge in [-0.2, -0.15) is 5.26 Å². The van der Waals surface area contributed by atoms with Crippen molar-refractivity contribution in [3.8, 4) is 11.8 Å². The maximum Gasteiger partial charge on any atom is 0.509 e. The predicted molar refractivity (Wildman–Crippen MR) is 59.5 cm³/mol. The molecule has 17 heavy (non-hydrogen) atoms. The fourth-order valence-corrected chi connectivity index (χ4v) is 1.20. The Balaban J connectivity index is 2.73. The van der Waals surface area contributed by atoms with Gasteiger partial charge in [-0.05, 0) is 19.1 Å². The van der Waals surface area contributed by atoms with Crippen LogP contribution in [0.15, 0.2) is 24.3 Å². The van der Waals surface area contributed by atoms with Gasteiger partial charge in [0.15, 0.2) is 0 Å². The van der Waals surface area contributed by atoms with Gasteiger partial charge in [-0.3, -0.25) is 0 Å². The van der Waals surface area contributed by atoms with E-state index < -0.39 is 12.3 Å². The lowest BCUT2D eigenvalue weighted by atomic mass is 10.1. The minimum atomic E-state index is -0.972. The first-order valence-corrected chi connectivity index (χ1v) is 5.08. The average molecular weight is 235 g/mol. The monoisotopic (exact) mass is 235 g/mol. The zero-order valence-corrected chi connectivity index (χ0v) is 9.67. The van der Waals surface area contributed by atoms with Gasteiger partial charge >= 0.3 is 6.16 Å². The van der Waals surface area contributed by atoms with Gasteiger partial charge in [0.2, 0.25) is 6.10 Å². The number of methoxy groups -OCH3 is 1. The normalized spacial score (nSPS) is 11.1. The van der Waals surface area contributed by atoms with Crippen LogP contribution in [0.1, 0.15) is 18.6 Å². The highest BCUT2D eigenvalue weighted by molar-refractivity contribution is 5.60. The Morgan fingerprint density at radius 1 is 1.41 bits per heavy atom. The molecule has 0 spiro atoms. The SMILES string of the molecule is CCOC(=O)O[C@H](C#N)c1ccc(OC)cc1. The fourth-order valence-electron chi connectivity index (χ4n) is 1.20. The van der Waals surface area contributed by atoms with Crippen molar-refractivity contribution < 1.29 is 19.0 Å². The van der Waals surface area contributed by atoms with Gasteiger partial charge < -0.3 is 14.2 Å². The van der Waals surface area contributed by atoms with Crippen LogP contribution in [0, 0.1) is 11.3 Å². The summed E-state index contributed by atoms with van der Waals surface area (Å²) >= 11 is 0. The predicted octanol–water partition coefficient (Wildman–Crippen LogP) is 2.43. The van der Waals surface area contributed by atoms with Gasteiger partial charge in [0.05, 0.1) is 13.7 Å². The summed E-state index contributed by atoms with van der Waals surface area (Å²) in [5.41, 5.74) is 0.571. The van der Waals surface area contributed by atoms with Crippen molar-refractivity contribution in [1.82, 2.24) is 0 Å². The molecule has 0 aliphatic rings. The van der Waals surface area contributed by atoms with E-state index in [0.717, 1.165) is 0 Å². The van der Waals surface area contributed by atoms with Gasteiger partial charge in [0.1, 0.15) is 11.8 Å². The van der Waals surface area contributed by atoms with Crippen LogP contribution >= 0.6 is 0 Å². The van der Waals surface area contributed by atoms with Gasteiger partial charge in [0.25, 0.3) is 0 Å². The molecule has 0 fully saturated rings. The molecule has 0 amide bonds. The van der Waals surface area contributed by atoms with Crippen molar-refractivity contribution >= 4 is 6.16 Å². The van der Waals surface area contributed by atoms with Crippen LogP contribution in [0.5, 0.6) is 5.75 Å². The van der Waals surface area contributed by atoms with Gasteiger partial charge in [-0.25, -0.2) is 4.79 Å². The molecule has 1 atom stereocenters. The Bertz CT molecular complexity index is 408. The van der Waals surface area contributed by atoms with E-state index in [1.807, 2.05) is 6.07 Å². The number of carbonyl (C=O) groups is 1. The van der Waals surface area contributed by atoms with Crippen LogP contribution in [0.3, 0.4) is 0 Å². The number of ether oxygens (including phenoxy) is 3. The summed E-state index contributed by atoms with van der Waals surface area (Å²) in [5.74, 6) is 0.668. The van der Waals surface area contributed by atoms with Crippen molar-refractivity contribution in [1.29, 1.82) is 5.26 Å². The third-order valence-corrected chi connectivity index (χ3v) is 2.01. The number of benzene rings is 1. The zero-order valence-electron chi connectivity index (χ0n) is 9.67. The van der Waals surface area contributed by atoms with E-state index in [9.17, 15) is 4.79 Å². The molecule has 0 radical (unpaired) electrons. The molecule has 0 aromatic heterocycles. The third kappa shape index (κ3) is 3.68. The second kappa shape index (κ2) is 6.38. The molecule has 5 heteroatoms. The second-order valence-corrected chi connectivity index (χ2v) is 3.08. The lowest BCUT2D eigenvalue weighted by Crippen LogP contribution is -2.11. The van der Waals surface area contributed by atoms with Crippen LogP contribution in [0.25, 0.3) is 0 Å². The summed E-state index contributed by atoms with van der Waals surface area (Å²) in [6.45, 7) is 1.87. The topological polar surface area (TPSA) is 68.5 Å². The molecule has 0 aliphatic carbocycles. The molecule has 1 aromatic rings. The largest absolute Gasteiger partial charge is 0.509 e. The van der Waals surface area contributed by atoms with Crippen molar-refractivity contribution in [2.45, 2.75) is 13.0 Å². The van der Waals surface area contributed by atoms with Gasteiger partial charge in [0, 0.05) is 5.56 Å². The van der Waals surface area contributed by atoms with Crippen LogP contribution in [0.4, 0.5) is 4.79 Å². The average Bonchev–Trinajstić information content (AvgIpc) is 2.36. The number of hydrogen-bond donors (Lipinski definition) is 0. The summed E-state index contributed by atoms with van der Waals surface area (Å²) in [4.78, 5) is 11.1. The molecule has 0 saturated carbocycles. The molecule has 0 unspecified atom stereocenters. The molecule has 5 nitrogen and oxygen atoms in total. The standard InChI is InChI=1S/C12H13NO4/c1-3-16-12(14)17-11(8-13)9-4-6-10(15-2)7-5-9/h4-7,11H,3H2,1-2H3/t11-/m1/s1. The van der Waals surface area contributed by atoms with Crippen LogP contribution in [0.2, 0.25) is 0 Å². The number of nitriles is 1. The lowest BCUT2D eigenvalue weighted by molar-refractivity contribution is 0.0421. The zero-order chi connectivity index (χ0) is 12.7. The lowest BCUT2D eigenvalue weighted by Gasteiger charge is -2.11. The fraction of sp³-hybridized carbons (Fsp3) is 0.333. The van der Waals surface area contributed by atoms with E-state index in [4.69, 9.17) is 14.7 Å². The second-order valence-electron chi connectivity index (χ2n) is 3.08. The van der Waals surface area contributed by atoms with Gasteiger partial charge in [-0.1, -0.05) is 12.1 Å². The Hall–Kier alpha value is -2.22. The first kappa shape index (κ1) is 12.8. The highest BCUT2D eigenvalue weighted by Gasteiger charge is 2.16. The van der Waals surface area contributed by atoms with Crippen molar-refractivity contribution in [2.75, 3.05) is 13.7 Å². The highest BCUT2D eigenvalue weighted by atomic mass is 16.7. The molecule has 0 aliphatic heterocycles. The van der Waals surface area contributed by atoms with Crippen LogP contribution < -0.4 is 4.74 Å². The van der Waals surface area contributed by atoms with E-state index in [1.54, 1.807) is 38.3 Å². The Kier molecular flexibility index (Phi) is 4.82. The highest BCUT2D eigenvalue weighted by Crippen LogP contribution is 2.20. The molecule has 0 heterocycles. The summed E-state index contributed by atoms with van der Waals surface area (Å²) in [5, 5.41) is 8.91. The minimum absolute atomic E-state index is 0.208. The maximum atomic E-state index is 11.1. The van der Waals surface area contributed by atoms with E-state index in [1.165, 1.54) is 0 Å². The first-order chi connectivity index (χ1) is 8.21.